The molecule has 1 aliphatic carbocycles. The highest BCUT2D eigenvalue weighted by Gasteiger charge is 2.27. The molecular formula is C14H19NO. The molecule has 0 atom stereocenters. The molecule has 0 heterocycles. The minimum absolute atomic E-state index is 0.0554. The maximum atomic E-state index is 5.83. The lowest BCUT2D eigenvalue weighted by Crippen LogP contribution is -2.24. The number of hydrogen-bond donors (Lipinski definition) is 1. The van der Waals surface area contributed by atoms with Gasteiger partial charge >= 0.3 is 0 Å². The number of rotatable bonds is 3. The lowest BCUT2D eigenvalue weighted by molar-refractivity contribution is 0.414. The molecule has 2 rings (SSSR count). The molecule has 0 spiro atoms. The summed E-state index contributed by atoms with van der Waals surface area (Å²) in [5.74, 6) is 0.930. The van der Waals surface area contributed by atoms with Crippen molar-refractivity contribution in [2.24, 2.45) is 11.1 Å². The van der Waals surface area contributed by atoms with Crippen LogP contribution < -0.4 is 10.5 Å². The van der Waals surface area contributed by atoms with Crippen LogP contribution in [0.3, 0.4) is 0 Å². The second-order valence-electron chi connectivity index (χ2n) is 4.93. The first kappa shape index (κ1) is 11.2. The number of fused-ring (bicyclic) bond motifs is 1. The van der Waals surface area contributed by atoms with Gasteiger partial charge in [-0.1, -0.05) is 26.0 Å². The predicted molar refractivity (Wildman–Crippen MR) is 67.5 cm³/mol. The normalized spacial score (nSPS) is 14.6. The monoisotopic (exact) mass is 217 g/mol. The summed E-state index contributed by atoms with van der Waals surface area (Å²) in [6.07, 6.45) is 3.28. The lowest BCUT2D eigenvalue weighted by atomic mass is 9.81. The Bertz CT molecular complexity index is 432. The van der Waals surface area contributed by atoms with Crippen molar-refractivity contribution in [2.45, 2.75) is 20.3 Å². The average Bonchev–Trinajstić information content (AvgIpc) is 2.72. The van der Waals surface area contributed by atoms with Crippen LogP contribution in [0.4, 0.5) is 0 Å². The number of nitrogens with two attached hydrogens (primary N) is 1. The van der Waals surface area contributed by atoms with E-state index in [9.17, 15) is 0 Å². The van der Waals surface area contributed by atoms with Crippen LogP contribution in [0.25, 0.3) is 5.57 Å². The van der Waals surface area contributed by atoms with Crippen molar-refractivity contribution >= 4 is 5.57 Å². The van der Waals surface area contributed by atoms with Crippen LogP contribution in [-0.2, 0) is 6.42 Å². The van der Waals surface area contributed by atoms with Crippen LogP contribution >= 0.6 is 0 Å². The van der Waals surface area contributed by atoms with E-state index >= 15 is 0 Å². The Balaban J connectivity index is 2.39. The summed E-state index contributed by atoms with van der Waals surface area (Å²) in [5, 5.41) is 0. The third-order valence-corrected chi connectivity index (χ3v) is 3.37. The van der Waals surface area contributed by atoms with Gasteiger partial charge in [0, 0.05) is 12.0 Å². The second-order valence-corrected chi connectivity index (χ2v) is 4.93. The van der Waals surface area contributed by atoms with Crippen LogP contribution in [0.2, 0.25) is 0 Å². The van der Waals surface area contributed by atoms with E-state index in [0.29, 0.717) is 6.54 Å². The molecule has 1 aromatic rings. The molecule has 2 heteroatoms. The van der Waals surface area contributed by atoms with Crippen molar-refractivity contribution in [1.29, 1.82) is 0 Å². The van der Waals surface area contributed by atoms with Crippen molar-refractivity contribution in [2.75, 3.05) is 13.7 Å². The molecule has 2 nitrogen and oxygen atoms in total. The van der Waals surface area contributed by atoms with Crippen molar-refractivity contribution in [3.05, 3.63) is 35.4 Å². The Labute approximate surface area is 97.1 Å². The maximum Gasteiger partial charge on any atom is 0.119 e. The summed E-state index contributed by atoms with van der Waals surface area (Å²) in [7, 11) is 1.70. The van der Waals surface area contributed by atoms with E-state index < -0.39 is 0 Å². The molecule has 1 aromatic carbocycles. The van der Waals surface area contributed by atoms with Gasteiger partial charge in [0.1, 0.15) is 5.75 Å². The van der Waals surface area contributed by atoms with Crippen molar-refractivity contribution < 1.29 is 4.74 Å². The van der Waals surface area contributed by atoms with Crippen molar-refractivity contribution in [1.82, 2.24) is 0 Å². The van der Waals surface area contributed by atoms with Crippen LogP contribution in [0.1, 0.15) is 25.0 Å². The van der Waals surface area contributed by atoms with E-state index in [1.54, 1.807) is 7.11 Å². The Hall–Kier alpha value is -1.28. The number of allylic oxidation sites excluding steroid dienone is 1. The van der Waals surface area contributed by atoms with E-state index in [-0.39, 0.29) is 5.41 Å². The lowest BCUT2D eigenvalue weighted by Gasteiger charge is -2.25. The van der Waals surface area contributed by atoms with Gasteiger partial charge in [0.2, 0.25) is 0 Å². The molecule has 0 aromatic heterocycles. The summed E-state index contributed by atoms with van der Waals surface area (Å²) in [4.78, 5) is 0. The topological polar surface area (TPSA) is 35.2 Å². The summed E-state index contributed by atoms with van der Waals surface area (Å²) in [5.41, 5.74) is 9.93. The summed E-state index contributed by atoms with van der Waals surface area (Å²) in [6, 6.07) is 6.28. The Morgan fingerprint density at radius 2 is 2.12 bits per heavy atom. The molecule has 1 aliphatic rings. The summed E-state index contributed by atoms with van der Waals surface area (Å²) in [6.45, 7) is 5.06. The molecule has 0 saturated heterocycles. The maximum absolute atomic E-state index is 5.83. The van der Waals surface area contributed by atoms with Crippen molar-refractivity contribution in [3.8, 4) is 5.75 Å². The second kappa shape index (κ2) is 3.95. The summed E-state index contributed by atoms with van der Waals surface area (Å²) < 4.78 is 5.24. The van der Waals surface area contributed by atoms with E-state index in [2.05, 4.69) is 32.1 Å². The molecule has 16 heavy (non-hydrogen) atoms. The molecule has 0 aliphatic heterocycles. The van der Waals surface area contributed by atoms with E-state index in [1.807, 2.05) is 6.07 Å². The zero-order valence-electron chi connectivity index (χ0n) is 10.2. The van der Waals surface area contributed by atoms with Crippen LogP contribution in [-0.4, -0.2) is 13.7 Å². The van der Waals surface area contributed by atoms with Gasteiger partial charge in [-0.05, 0) is 35.3 Å². The first-order chi connectivity index (χ1) is 7.58. The standard InChI is InChI=1S/C14H19NO/c1-14(2,9-15)13-7-4-10-8-11(16-3)5-6-12(10)13/h5-8H,4,9,15H2,1-3H3. The average molecular weight is 217 g/mol. The van der Waals surface area contributed by atoms with Gasteiger partial charge in [-0.25, -0.2) is 0 Å². The predicted octanol–water partition coefficient (Wildman–Crippen LogP) is 2.62. The van der Waals surface area contributed by atoms with Gasteiger partial charge in [-0.15, -0.1) is 0 Å². The van der Waals surface area contributed by atoms with Gasteiger partial charge in [-0.2, -0.15) is 0 Å². The molecule has 2 N–H and O–H groups in total. The van der Waals surface area contributed by atoms with Gasteiger partial charge < -0.3 is 10.5 Å². The smallest absolute Gasteiger partial charge is 0.119 e. The van der Waals surface area contributed by atoms with Crippen molar-refractivity contribution in [3.63, 3.8) is 0 Å². The van der Waals surface area contributed by atoms with Crippen LogP contribution in [0, 0.1) is 5.41 Å². The molecule has 0 bridgehead atoms. The Kier molecular flexibility index (Phi) is 2.76. The van der Waals surface area contributed by atoms with E-state index in [0.717, 1.165) is 12.2 Å². The quantitative estimate of drug-likeness (QED) is 0.844. The van der Waals surface area contributed by atoms with E-state index in [1.165, 1.54) is 16.7 Å². The fourth-order valence-electron chi connectivity index (χ4n) is 2.20. The Morgan fingerprint density at radius 1 is 1.38 bits per heavy atom. The molecule has 86 valence electrons. The highest BCUT2D eigenvalue weighted by molar-refractivity contribution is 5.77. The fraction of sp³-hybridized carbons (Fsp3) is 0.429. The first-order valence-electron chi connectivity index (χ1n) is 5.66. The zero-order chi connectivity index (χ0) is 11.8. The molecular weight excluding hydrogens is 198 g/mol. The van der Waals surface area contributed by atoms with Gasteiger partial charge in [0.15, 0.2) is 0 Å². The highest BCUT2D eigenvalue weighted by atomic mass is 16.5. The fourth-order valence-corrected chi connectivity index (χ4v) is 2.20. The van der Waals surface area contributed by atoms with Gasteiger partial charge in [0.05, 0.1) is 7.11 Å². The van der Waals surface area contributed by atoms with Crippen LogP contribution in [0.5, 0.6) is 5.75 Å². The first-order valence-corrected chi connectivity index (χ1v) is 5.66. The molecule has 0 amide bonds. The third-order valence-electron chi connectivity index (χ3n) is 3.37. The minimum Gasteiger partial charge on any atom is -0.497 e. The molecule has 0 unspecified atom stereocenters. The third kappa shape index (κ3) is 1.74. The summed E-state index contributed by atoms with van der Waals surface area (Å²) >= 11 is 0. The zero-order valence-corrected chi connectivity index (χ0v) is 10.2. The number of methoxy groups -OCH3 is 1. The number of benzene rings is 1. The molecule has 0 fully saturated rings. The Morgan fingerprint density at radius 3 is 2.75 bits per heavy atom. The molecule has 0 radical (unpaired) electrons. The number of ether oxygens (including phenoxy) is 1. The highest BCUT2D eigenvalue weighted by Crippen LogP contribution is 2.40. The largest absolute Gasteiger partial charge is 0.497 e. The number of hydrogen-bond acceptors (Lipinski definition) is 2. The van der Waals surface area contributed by atoms with E-state index in [4.69, 9.17) is 10.5 Å². The molecule has 0 saturated carbocycles. The van der Waals surface area contributed by atoms with Crippen LogP contribution in [0.15, 0.2) is 24.3 Å². The SMILES string of the molecule is COc1ccc2c(c1)CC=C2C(C)(C)CN. The minimum atomic E-state index is 0.0554. The van der Waals surface area contributed by atoms with Gasteiger partial charge in [-0.3, -0.25) is 0 Å². The van der Waals surface area contributed by atoms with Gasteiger partial charge in [0.25, 0.3) is 0 Å².